The molecule has 0 radical (unpaired) electrons. The zero-order valence-corrected chi connectivity index (χ0v) is 13.1. The fourth-order valence-corrected chi connectivity index (χ4v) is 3.95. The summed E-state index contributed by atoms with van der Waals surface area (Å²) in [4.78, 5) is 21.3. The van der Waals surface area contributed by atoms with Gasteiger partial charge in [0.15, 0.2) is 0 Å². The summed E-state index contributed by atoms with van der Waals surface area (Å²) >= 11 is 0. The largest absolute Gasteiger partial charge is 0.341 e. The third-order valence-corrected chi connectivity index (χ3v) is 5.39. The number of hydrogen-bond acceptors (Lipinski definition) is 4. The maximum atomic E-state index is 12.6. The third kappa shape index (κ3) is 3.16. The molecule has 6 heteroatoms. The molecule has 1 aromatic rings. The second-order valence-corrected chi connectivity index (χ2v) is 7.20. The van der Waals surface area contributed by atoms with Gasteiger partial charge in [-0.05, 0) is 37.5 Å². The van der Waals surface area contributed by atoms with Crippen LogP contribution in [0.4, 0.5) is 0 Å². The quantitative estimate of drug-likeness (QED) is 0.814. The van der Waals surface area contributed by atoms with Crippen molar-refractivity contribution in [2.75, 3.05) is 26.2 Å². The first-order chi connectivity index (χ1) is 10.8. The minimum atomic E-state index is 0.278. The molecule has 0 unspecified atom stereocenters. The van der Waals surface area contributed by atoms with Gasteiger partial charge in [0.05, 0.1) is 6.54 Å². The van der Waals surface area contributed by atoms with Gasteiger partial charge in [0, 0.05) is 38.6 Å². The van der Waals surface area contributed by atoms with E-state index < -0.39 is 0 Å². The van der Waals surface area contributed by atoms with Crippen molar-refractivity contribution in [2.24, 2.45) is 11.8 Å². The van der Waals surface area contributed by atoms with Gasteiger partial charge in [-0.2, -0.15) is 5.10 Å². The summed E-state index contributed by atoms with van der Waals surface area (Å²) in [6.07, 6.45) is 9.11. The Morgan fingerprint density at radius 3 is 2.82 bits per heavy atom. The molecule has 4 heterocycles. The van der Waals surface area contributed by atoms with Crippen LogP contribution in [0.5, 0.6) is 0 Å². The number of aromatic nitrogens is 3. The number of hydrogen-bond donors (Lipinski definition) is 0. The first kappa shape index (κ1) is 14.2. The van der Waals surface area contributed by atoms with Crippen LogP contribution in [0, 0.1) is 11.8 Å². The number of carbonyl (C=O) groups is 1. The molecule has 22 heavy (non-hydrogen) atoms. The molecule has 120 valence electrons. The molecule has 0 N–H and O–H groups in total. The predicted molar refractivity (Wildman–Crippen MR) is 82.0 cm³/mol. The lowest BCUT2D eigenvalue weighted by atomic mass is 9.95. The summed E-state index contributed by atoms with van der Waals surface area (Å²) in [5.41, 5.74) is 0. The Labute approximate surface area is 131 Å². The second kappa shape index (κ2) is 5.99. The van der Waals surface area contributed by atoms with Crippen LogP contribution in [0.25, 0.3) is 0 Å². The van der Waals surface area contributed by atoms with E-state index in [0.717, 1.165) is 19.0 Å². The number of nitrogens with zero attached hydrogens (tertiary/aromatic N) is 5. The van der Waals surface area contributed by atoms with E-state index in [1.165, 1.54) is 45.1 Å². The highest BCUT2D eigenvalue weighted by Crippen LogP contribution is 2.34. The molecule has 0 spiro atoms. The highest BCUT2D eigenvalue weighted by Gasteiger charge is 2.38. The van der Waals surface area contributed by atoms with Gasteiger partial charge in [0.1, 0.15) is 12.7 Å². The number of rotatable bonds is 5. The van der Waals surface area contributed by atoms with Crippen molar-refractivity contribution in [1.82, 2.24) is 24.6 Å². The van der Waals surface area contributed by atoms with E-state index in [1.807, 2.05) is 0 Å². The molecule has 2 bridgehead atoms. The number of fused-ring (bicyclic) bond motifs is 4. The maximum Gasteiger partial charge on any atom is 0.224 e. The van der Waals surface area contributed by atoms with Crippen LogP contribution in [0.2, 0.25) is 0 Å². The zero-order chi connectivity index (χ0) is 14.9. The average Bonchev–Trinajstić information content (AvgIpc) is 3.26. The average molecular weight is 303 g/mol. The van der Waals surface area contributed by atoms with Crippen molar-refractivity contribution >= 4 is 5.91 Å². The summed E-state index contributed by atoms with van der Waals surface area (Å²) < 4.78 is 1.74. The fraction of sp³-hybridized carbons (Fsp3) is 0.812. The highest BCUT2D eigenvalue weighted by atomic mass is 16.2. The predicted octanol–water partition coefficient (Wildman–Crippen LogP) is 1.00. The smallest absolute Gasteiger partial charge is 0.224 e. The lowest BCUT2D eigenvalue weighted by Gasteiger charge is -2.36. The van der Waals surface area contributed by atoms with E-state index in [2.05, 4.69) is 19.9 Å². The van der Waals surface area contributed by atoms with E-state index in [4.69, 9.17) is 0 Å². The lowest BCUT2D eigenvalue weighted by molar-refractivity contribution is -0.131. The number of carbonyl (C=O) groups excluding carboxylic acids is 1. The third-order valence-electron chi connectivity index (χ3n) is 5.39. The number of piperidine rings is 1. The van der Waals surface area contributed by atoms with E-state index in [1.54, 1.807) is 11.0 Å². The van der Waals surface area contributed by atoms with Gasteiger partial charge in [0.2, 0.25) is 5.91 Å². The second-order valence-electron chi connectivity index (χ2n) is 7.20. The Balaban J connectivity index is 1.35. The van der Waals surface area contributed by atoms with Gasteiger partial charge in [0.25, 0.3) is 0 Å². The monoisotopic (exact) mass is 303 g/mol. The van der Waals surface area contributed by atoms with Crippen LogP contribution in [0.1, 0.15) is 32.1 Å². The Hall–Kier alpha value is -1.43. The topological polar surface area (TPSA) is 54.3 Å². The zero-order valence-electron chi connectivity index (χ0n) is 13.1. The van der Waals surface area contributed by atoms with Crippen LogP contribution in [-0.4, -0.2) is 62.7 Å². The van der Waals surface area contributed by atoms with Gasteiger partial charge in [-0.3, -0.25) is 14.4 Å². The fourth-order valence-electron chi connectivity index (χ4n) is 3.95. The Kier molecular flexibility index (Phi) is 3.86. The minimum Gasteiger partial charge on any atom is -0.341 e. The van der Waals surface area contributed by atoms with Gasteiger partial charge in [-0.25, -0.2) is 4.98 Å². The molecule has 1 amide bonds. The molecular weight excluding hydrogens is 278 g/mol. The summed E-state index contributed by atoms with van der Waals surface area (Å²) in [5, 5.41) is 4.07. The lowest BCUT2D eigenvalue weighted by Crippen LogP contribution is -2.45. The van der Waals surface area contributed by atoms with Gasteiger partial charge in [-0.15, -0.1) is 0 Å². The summed E-state index contributed by atoms with van der Waals surface area (Å²) in [6, 6.07) is 0.592. The van der Waals surface area contributed by atoms with Gasteiger partial charge in [-0.1, -0.05) is 0 Å². The summed E-state index contributed by atoms with van der Waals surface area (Å²) in [5.74, 6) is 1.89. The molecule has 2 atom stereocenters. The van der Waals surface area contributed by atoms with E-state index >= 15 is 0 Å². The number of amides is 1. The van der Waals surface area contributed by atoms with Crippen LogP contribution in [-0.2, 0) is 11.3 Å². The van der Waals surface area contributed by atoms with Crippen molar-refractivity contribution in [3.05, 3.63) is 12.7 Å². The molecule has 4 fully saturated rings. The van der Waals surface area contributed by atoms with Crippen molar-refractivity contribution in [1.29, 1.82) is 0 Å². The molecule has 0 aromatic carbocycles. The normalized spacial score (nSPS) is 28.8. The number of aryl methyl sites for hydroxylation is 1. The molecular formula is C16H25N5O. The van der Waals surface area contributed by atoms with Crippen molar-refractivity contribution in [2.45, 2.75) is 44.7 Å². The minimum absolute atomic E-state index is 0.278. The highest BCUT2D eigenvalue weighted by molar-refractivity contribution is 5.76. The first-order valence-corrected chi connectivity index (χ1v) is 8.62. The molecule has 1 aliphatic carbocycles. The molecule has 1 aromatic heterocycles. The Morgan fingerprint density at radius 1 is 1.14 bits per heavy atom. The van der Waals surface area contributed by atoms with Crippen molar-refractivity contribution < 1.29 is 4.79 Å². The Bertz CT molecular complexity index is 513. The van der Waals surface area contributed by atoms with Crippen LogP contribution < -0.4 is 0 Å². The van der Waals surface area contributed by atoms with Crippen LogP contribution >= 0.6 is 0 Å². The summed E-state index contributed by atoms with van der Waals surface area (Å²) in [6.45, 7) is 4.99. The van der Waals surface area contributed by atoms with E-state index in [9.17, 15) is 4.79 Å². The molecule has 6 nitrogen and oxygen atoms in total. The van der Waals surface area contributed by atoms with Gasteiger partial charge < -0.3 is 4.90 Å². The van der Waals surface area contributed by atoms with Crippen LogP contribution in [0.3, 0.4) is 0 Å². The van der Waals surface area contributed by atoms with E-state index in [0.29, 0.717) is 24.9 Å². The van der Waals surface area contributed by atoms with E-state index in [-0.39, 0.29) is 5.91 Å². The van der Waals surface area contributed by atoms with Gasteiger partial charge >= 0.3 is 0 Å². The first-order valence-electron chi connectivity index (χ1n) is 8.62. The molecule has 3 saturated heterocycles. The van der Waals surface area contributed by atoms with Crippen molar-refractivity contribution in [3.8, 4) is 0 Å². The maximum absolute atomic E-state index is 12.6. The van der Waals surface area contributed by atoms with Crippen molar-refractivity contribution in [3.63, 3.8) is 0 Å². The SMILES string of the molecule is O=C(CCn1cncn1)N1C[C@@H]2CC[C@H](C1)N(CC1CC1)C2. The standard InChI is InChI=1S/C16H25N5O/c22-16(5-6-21-12-17-11-18-21)20-9-14-3-4-15(10-20)19(8-14)7-13-1-2-13/h11-15H,1-10H2/t14-,15-/m1/s1. The molecule has 4 aliphatic rings. The Morgan fingerprint density at radius 2 is 2.05 bits per heavy atom. The van der Waals surface area contributed by atoms with Crippen LogP contribution in [0.15, 0.2) is 12.7 Å². The molecule has 3 aliphatic heterocycles. The molecule has 5 rings (SSSR count). The molecule has 1 saturated carbocycles. The summed E-state index contributed by atoms with van der Waals surface area (Å²) in [7, 11) is 0.